The molecule has 0 radical (unpaired) electrons. The number of thiocarbonyl (C=S) groups is 1. The topological polar surface area (TPSA) is 75.4 Å². The zero-order valence-corrected chi connectivity index (χ0v) is 12.8. The summed E-state index contributed by atoms with van der Waals surface area (Å²) in [5.41, 5.74) is 6.93. The first-order valence-electron chi connectivity index (χ1n) is 6.93. The molecular weight excluding hydrogens is 286 g/mol. The summed E-state index contributed by atoms with van der Waals surface area (Å²) in [6.07, 6.45) is 0.868. The first-order chi connectivity index (χ1) is 9.95. The third-order valence-electron chi connectivity index (χ3n) is 3.45. The molecule has 1 aliphatic rings. The van der Waals surface area contributed by atoms with Crippen LogP contribution in [0.25, 0.3) is 0 Å². The molecule has 2 amide bonds. The van der Waals surface area contributed by atoms with Gasteiger partial charge in [0.15, 0.2) is 0 Å². The van der Waals surface area contributed by atoms with Crippen molar-refractivity contribution in [2.75, 3.05) is 18.4 Å². The second-order valence-electron chi connectivity index (χ2n) is 5.39. The molecule has 2 rings (SSSR count). The summed E-state index contributed by atoms with van der Waals surface area (Å²) in [5, 5.41) is 2.80. The second-order valence-corrected chi connectivity index (χ2v) is 5.83. The number of nitrogens with one attached hydrogen (secondary N) is 1. The average molecular weight is 305 g/mol. The Kier molecular flexibility index (Phi) is 4.90. The minimum absolute atomic E-state index is 0.123. The zero-order chi connectivity index (χ0) is 15.4. The lowest BCUT2D eigenvalue weighted by molar-refractivity contribution is -0.128. The quantitative estimate of drug-likeness (QED) is 0.809. The lowest BCUT2D eigenvalue weighted by Gasteiger charge is -2.15. The molecule has 1 saturated heterocycles. The Labute approximate surface area is 129 Å². The first-order valence-corrected chi connectivity index (χ1v) is 7.34. The van der Waals surface area contributed by atoms with Crippen molar-refractivity contribution in [1.82, 2.24) is 4.90 Å². The molecule has 0 bridgehead atoms. The van der Waals surface area contributed by atoms with Crippen LogP contribution in [-0.4, -0.2) is 34.8 Å². The smallest absolute Gasteiger partial charge is 0.226 e. The fourth-order valence-electron chi connectivity index (χ4n) is 2.40. The monoisotopic (exact) mass is 305 g/mol. The highest BCUT2D eigenvalue weighted by molar-refractivity contribution is 7.80. The van der Waals surface area contributed by atoms with Crippen LogP contribution in [-0.2, 0) is 9.59 Å². The summed E-state index contributed by atoms with van der Waals surface area (Å²) in [6, 6.07) is 7.10. The maximum atomic E-state index is 11.9. The molecule has 1 unspecified atom stereocenters. The predicted octanol–water partition coefficient (Wildman–Crippen LogP) is 1.52. The summed E-state index contributed by atoms with van der Waals surface area (Å²) >= 11 is 4.90. The molecule has 1 aromatic carbocycles. The number of benzene rings is 1. The first kappa shape index (κ1) is 15.4. The van der Waals surface area contributed by atoms with Crippen LogP contribution in [0.5, 0.6) is 0 Å². The number of rotatable bonds is 5. The van der Waals surface area contributed by atoms with Crippen molar-refractivity contribution in [1.29, 1.82) is 0 Å². The van der Waals surface area contributed by atoms with Crippen LogP contribution >= 0.6 is 12.2 Å². The van der Waals surface area contributed by atoms with Crippen LogP contribution in [0.3, 0.4) is 0 Å². The molecule has 1 atom stereocenters. The molecule has 1 heterocycles. The van der Waals surface area contributed by atoms with E-state index in [0.717, 1.165) is 6.54 Å². The molecule has 0 spiro atoms. The summed E-state index contributed by atoms with van der Waals surface area (Å²) < 4.78 is 0. The Morgan fingerprint density at radius 1 is 1.52 bits per heavy atom. The number of nitrogens with zero attached hydrogens (tertiary/aromatic N) is 1. The summed E-state index contributed by atoms with van der Waals surface area (Å²) in [6.45, 7) is 3.24. The minimum atomic E-state index is -0.123. The molecule has 21 heavy (non-hydrogen) atoms. The minimum Gasteiger partial charge on any atom is -0.389 e. The van der Waals surface area contributed by atoms with Crippen LogP contribution < -0.4 is 11.1 Å². The largest absolute Gasteiger partial charge is 0.389 e. The third kappa shape index (κ3) is 4.26. The lowest BCUT2D eigenvalue weighted by atomic mass is 10.2. The van der Waals surface area contributed by atoms with Gasteiger partial charge < -0.3 is 16.0 Å². The van der Waals surface area contributed by atoms with Gasteiger partial charge in [-0.25, -0.2) is 0 Å². The van der Waals surface area contributed by atoms with E-state index in [9.17, 15) is 9.59 Å². The van der Waals surface area contributed by atoms with Gasteiger partial charge in [0.1, 0.15) is 4.99 Å². The van der Waals surface area contributed by atoms with Gasteiger partial charge in [-0.2, -0.15) is 0 Å². The number of likely N-dealkylation sites (tertiary alicyclic amines) is 1. The molecule has 5 nitrogen and oxygen atoms in total. The van der Waals surface area contributed by atoms with Crippen LogP contribution in [0.1, 0.15) is 25.3 Å². The van der Waals surface area contributed by atoms with Crippen molar-refractivity contribution in [2.45, 2.75) is 19.8 Å². The van der Waals surface area contributed by atoms with Crippen molar-refractivity contribution in [3.63, 3.8) is 0 Å². The molecule has 1 fully saturated rings. The summed E-state index contributed by atoms with van der Waals surface area (Å²) in [4.78, 5) is 25.6. The van der Waals surface area contributed by atoms with Gasteiger partial charge in [-0.3, -0.25) is 9.59 Å². The Bertz CT molecular complexity index is 574. The number of nitrogens with two attached hydrogens (primary N) is 1. The van der Waals surface area contributed by atoms with E-state index in [1.165, 1.54) is 0 Å². The highest BCUT2D eigenvalue weighted by Gasteiger charge is 2.26. The van der Waals surface area contributed by atoms with Crippen molar-refractivity contribution in [3.05, 3.63) is 29.8 Å². The number of hydrogen-bond donors (Lipinski definition) is 2. The van der Waals surface area contributed by atoms with Gasteiger partial charge in [0.05, 0.1) is 0 Å². The molecule has 112 valence electrons. The molecular formula is C15H19N3O2S. The van der Waals surface area contributed by atoms with Crippen molar-refractivity contribution < 1.29 is 9.59 Å². The maximum Gasteiger partial charge on any atom is 0.226 e. The fraction of sp³-hybridized carbons (Fsp3) is 0.400. The van der Waals surface area contributed by atoms with E-state index in [1.807, 2.05) is 6.92 Å². The van der Waals surface area contributed by atoms with E-state index < -0.39 is 0 Å². The average Bonchev–Trinajstić information content (AvgIpc) is 2.75. The number of amides is 2. The number of anilines is 1. The SMILES string of the molecule is CC1CC(=O)N(CCC(=O)Nc2cccc(C(N)=S)c2)C1. The van der Waals surface area contributed by atoms with Crippen molar-refractivity contribution >= 4 is 34.7 Å². The second kappa shape index (κ2) is 6.67. The molecule has 0 aromatic heterocycles. The van der Waals surface area contributed by atoms with E-state index in [1.54, 1.807) is 29.2 Å². The van der Waals surface area contributed by atoms with E-state index in [4.69, 9.17) is 18.0 Å². The van der Waals surface area contributed by atoms with Gasteiger partial charge in [0.2, 0.25) is 11.8 Å². The molecule has 3 N–H and O–H groups in total. The Hall–Kier alpha value is -1.95. The molecule has 0 saturated carbocycles. The highest BCUT2D eigenvalue weighted by Crippen LogP contribution is 2.17. The van der Waals surface area contributed by atoms with Crippen molar-refractivity contribution in [2.24, 2.45) is 11.7 Å². The molecule has 1 aromatic rings. The van der Waals surface area contributed by atoms with Gasteiger partial charge in [-0.15, -0.1) is 0 Å². The summed E-state index contributed by atoms with van der Waals surface area (Å²) in [5.74, 6) is 0.385. The molecule has 6 heteroatoms. The van der Waals surface area contributed by atoms with Crippen LogP contribution in [0, 0.1) is 5.92 Å². The normalized spacial score (nSPS) is 17.9. The Balaban J connectivity index is 1.86. The third-order valence-corrected chi connectivity index (χ3v) is 3.68. The van der Waals surface area contributed by atoms with E-state index in [0.29, 0.717) is 35.1 Å². The van der Waals surface area contributed by atoms with Crippen LogP contribution in [0.4, 0.5) is 5.69 Å². The highest BCUT2D eigenvalue weighted by atomic mass is 32.1. The van der Waals surface area contributed by atoms with E-state index in [2.05, 4.69) is 5.32 Å². The van der Waals surface area contributed by atoms with Crippen LogP contribution in [0.15, 0.2) is 24.3 Å². The number of carbonyl (C=O) groups is 2. The Morgan fingerprint density at radius 2 is 2.29 bits per heavy atom. The van der Waals surface area contributed by atoms with E-state index >= 15 is 0 Å². The predicted molar refractivity (Wildman–Crippen MR) is 85.9 cm³/mol. The Morgan fingerprint density at radius 3 is 2.90 bits per heavy atom. The van der Waals surface area contributed by atoms with Gasteiger partial charge >= 0.3 is 0 Å². The van der Waals surface area contributed by atoms with Crippen molar-refractivity contribution in [3.8, 4) is 0 Å². The standard InChI is InChI=1S/C15H19N3O2S/c1-10-7-14(20)18(9-10)6-5-13(19)17-12-4-2-3-11(8-12)15(16)21/h2-4,8,10H,5-7,9H2,1H3,(H2,16,21)(H,17,19). The lowest BCUT2D eigenvalue weighted by Crippen LogP contribution is -2.29. The fourth-order valence-corrected chi connectivity index (χ4v) is 2.52. The van der Waals surface area contributed by atoms with Crippen LogP contribution in [0.2, 0.25) is 0 Å². The maximum absolute atomic E-state index is 11.9. The molecule has 1 aliphatic heterocycles. The van der Waals surface area contributed by atoms with E-state index in [-0.39, 0.29) is 18.2 Å². The van der Waals surface area contributed by atoms with Gasteiger partial charge in [0, 0.05) is 37.2 Å². The molecule has 0 aliphatic carbocycles. The van der Waals surface area contributed by atoms with Gasteiger partial charge in [-0.05, 0) is 18.1 Å². The number of carbonyl (C=O) groups excluding carboxylic acids is 2. The van der Waals surface area contributed by atoms with Gasteiger partial charge in [0.25, 0.3) is 0 Å². The number of hydrogen-bond acceptors (Lipinski definition) is 3. The van der Waals surface area contributed by atoms with Gasteiger partial charge in [-0.1, -0.05) is 31.3 Å². The zero-order valence-electron chi connectivity index (χ0n) is 12.0. The summed E-state index contributed by atoms with van der Waals surface area (Å²) in [7, 11) is 0.